The molecule has 3 aromatic rings. The highest BCUT2D eigenvalue weighted by molar-refractivity contribution is 6.36. The molecule has 0 saturated heterocycles. The second kappa shape index (κ2) is 9.26. The van der Waals surface area contributed by atoms with Crippen LogP contribution in [0.2, 0.25) is 10.0 Å². The van der Waals surface area contributed by atoms with Crippen molar-refractivity contribution in [1.82, 2.24) is 0 Å². The molecule has 0 unspecified atom stereocenters. The molecule has 0 radical (unpaired) electrons. The van der Waals surface area contributed by atoms with Crippen molar-refractivity contribution < 1.29 is 14.3 Å². The molecule has 0 aliphatic heterocycles. The lowest BCUT2D eigenvalue weighted by Crippen LogP contribution is -2.21. The van der Waals surface area contributed by atoms with Crippen LogP contribution in [0.3, 0.4) is 0 Å². The number of amides is 1. The third-order valence-corrected chi connectivity index (χ3v) is 4.29. The van der Waals surface area contributed by atoms with Crippen LogP contribution < -0.4 is 10.6 Å². The van der Waals surface area contributed by atoms with Crippen LogP contribution in [0.15, 0.2) is 72.8 Å². The van der Waals surface area contributed by atoms with E-state index in [4.69, 9.17) is 27.9 Å². The number of halogens is 2. The van der Waals surface area contributed by atoms with Crippen molar-refractivity contribution in [2.24, 2.45) is 0 Å². The molecule has 0 aliphatic carbocycles. The highest BCUT2D eigenvalue weighted by atomic mass is 35.5. The third-order valence-electron chi connectivity index (χ3n) is 3.74. The molecule has 0 aromatic heterocycles. The number of carbonyl (C=O) groups is 2. The minimum atomic E-state index is -0.614. The van der Waals surface area contributed by atoms with E-state index >= 15 is 0 Å². The van der Waals surface area contributed by atoms with E-state index in [-0.39, 0.29) is 0 Å². The van der Waals surface area contributed by atoms with Crippen LogP contribution in [0, 0.1) is 0 Å². The Kier molecular flexibility index (Phi) is 6.53. The molecule has 1 amide bonds. The first kappa shape index (κ1) is 19.7. The Morgan fingerprint density at radius 3 is 2.32 bits per heavy atom. The second-order valence-corrected chi connectivity index (χ2v) is 6.63. The number of carbonyl (C=O) groups excluding carboxylic acids is 2. The number of esters is 1. The van der Waals surface area contributed by atoms with E-state index in [1.165, 1.54) is 6.07 Å². The maximum atomic E-state index is 12.4. The zero-order valence-corrected chi connectivity index (χ0v) is 16.1. The van der Waals surface area contributed by atoms with Gasteiger partial charge in [-0.2, -0.15) is 0 Å². The zero-order valence-electron chi connectivity index (χ0n) is 14.6. The van der Waals surface area contributed by atoms with E-state index in [0.29, 0.717) is 27.0 Å². The van der Waals surface area contributed by atoms with Crippen LogP contribution in [0.25, 0.3) is 0 Å². The fraction of sp³-hybridized carbons (Fsp3) is 0.0476. The highest BCUT2D eigenvalue weighted by Crippen LogP contribution is 2.25. The Labute approximate surface area is 172 Å². The normalized spacial score (nSPS) is 10.2. The Morgan fingerprint density at radius 1 is 0.857 bits per heavy atom. The van der Waals surface area contributed by atoms with Crippen LogP contribution in [0.5, 0.6) is 0 Å². The predicted octanol–water partition coefficient (Wildman–Crippen LogP) is 5.53. The first-order chi connectivity index (χ1) is 13.5. The van der Waals surface area contributed by atoms with Crippen molar-refractivity contribution >= 4 is 52.1 Å². The van der Waals surface area contributed by atoms with Gasteiger partial charge in [-0.15, -0.1) is 0 Å². The van der Waals surface area contributed by atoms with Crippen LogP contribution in [-0.2, 0) is 9.53 Å². The molecule has 0 aliphatic rings. The average molecular weight is 415 g/mol. The molecule has 5 nitrogen and oxygen atoms in total. The summed E-state index contributed by atoms with van der Waals surface area (Å²) in [6.45, 7) is -0.447. The van der Waals surface area contributed by atoms with Gasteiger partial charge >= 0.3 is 5.97 Å². The minimum Gasteiger partial charge on any atom is -0.452 e. The van der Waals surface area contributed by atoms with E-state index in [1.807, 2.05) is 30.3 Å². The number of para-hydroxylation sites is 2. The van der Waals surface area contributed by atoms with Crippen molar-refractivity contribution in [1.29, 1.82) is 0 Å². The third kappa shape index (κ3) is 5.25. The maximum Gasteiger partial charge on any atom is 0.340 e. The highest BCUT2D eigenvalue weighted by Gasteiger charge is 2.15. The van der Waals surface area contributed by atoms with E-state index in [2.05, 4.69) is 10.6 Å². The van der Waals surface area contributed by atoms with Crippen molar-refractivity contribution in [2.45, 2.75) is 0 Å². The van der Waals surface area contributed by atoms with Crippen molar-refractivity contribution in [2.75, 3.05) is 17.2 Å². The van der Waals surface area contributed by atoms with Crippen molar-refractivity contribution in [3.8, 4) is 0 Å². The van der Waals surface area contributed by atoms with Gasteiger partial charge in [0.15, 0.2) is 6.61 Å². The van der Waals surface area contributed by atoms with Gasteiger partial charge in [-0.1, -0.05) is 53.5 Å². The number of nitrogens with one attached hydrogen (secondary N) is 2. The molecule has 2 N–H and O–H groups in total. The molecule has 0 spiro atoms. The van der Waals surface area contributed by atoms with Gasteiger partial charge in [-0.25, -0.2) is 4.79 Å². The molecular formula is C21H16Cl2N2O3. The van der Waals surface area contributed by atoms with Crippen LogP contribution >= 0.6 is 23.2 Å². The summed E-state index contributed by atoms with van der Waals surface area (Å²) in [5, 5.41) is 6.49. The molecule has 0 fully saturated rings. The molecule has 0 bridgehead atoms. The van der Waals surface area contributed by atoms with Crippen LogP contribution in [0.1, 0.15) is 10.4 Å². The monoisotopic (exact) mass is 414 g/mol. The van der Waals surface area contributed by atoms with Gasteiger partial charge in [0.1, 0.15) is 0 Å². The molecule has 0 heterocycles. The van der Waals surface area contributed by atoms with Gasteiger partial charge in [0.2, 0.25) is 0 Å². The summed E-state index contributed by atoms with van der Waals surface area (Å²) in [6, 6.07) is 21.0. The van der Waals surface area contributed by atoms with E-state index < -0.39 is 18.5 Å². The van der Waals surface area contributed by atoms with Crippen molar-refractivity contribution in [3.05, 3.63) is 88.4 Å². The maximum absolute atomic E-state index is 12.4. The quantitative estimate of drug-likeness (QED) is 0.520. The van der Waals surface area contributed by atoms with Gasteiger partial charge < -0.3 is 15.4 Å². The number of hydrogen-bond acceptors (Lipinski definition) is 4. The lowest BCUT2D eigenvalue weighted by Gasteiger charge is -2.12. The fourth-order valence-electron chi connectivity index (χ4n) is 2.43. The van der Waals surface area contributed by atoms with E-state index in [1.54, 1.807) is 36.4 Å². The Balaban J connectivity index is 1.62. The summed E-state index contributed by atoms with van der Waals surface area (Å²) in [7, 11) is 0. The topological polar surface area (TPSA) is 67.4 Å². The lowest BCUT2D eigenvalue weighted by atomic mass is 10.1. The summed E-state index contributed by atoms with van der Waals surface area (Å²) in [5.74, 6) is -1.12. The van der Waals surface area contributed by atoms with E-state index in [0.717, 1.165) is 5.69 Å². The number of ether oxygens (including phenoxy) is 1. The van der Waals surface area contributed by atoms with Gasteiger partial charge in [-0.05, 0) is 42.5 Å². The molecule has 0 atom stereocenters. The summed E-state index contributed by atoms with van der Waals surface area (Å²) >= 11 is 11.8. The Morgan fingerprint density at radius 2 is 1.57 bits per heavy atom. The number of rotatable bonds is 6. The molecule has 0 saturated carbocycles. The zero-order chi connectivity index (χ0) is 19.9. The Hall–Kier alpha value is -3.02. The number of hydrogen-bond donors (Lipinski definition) is 2. The standard InChI is InChI=1S/C21H16Cl2N2O3/c22-14-10-11-19(17(23)12-14)25-20(26)13-28-21(27)16-8-4-5-9-18(16)24-15-6-2-1-3-7-15/h1-12,24H,13H2,(H,25,26). The molecule has 142 valence electrons. The summed E-state index contributed by atoms with van der Waals surface area (Å²) < 4.78 is 5.14. The number of anilines is 3. The minimum absolute atomic E-state index is 0.296. The van der Waals surface area contributed by atoms with Crippen LogP contribution in [0.4, 0.5) is 17.1 Å². The first-order valence-corrected chi connectivity index (χ1v) is 9.11. The van der Waals surface area contributed by atoms with Gasteiger partial charge in [-0.3, -0.25) is 4.79 Å². The molecular weight excluding hydrogens is 399 g/mol. The SMILES string of the molecule is O=C(COC(=O)c1ccccc1Nc1ccccc1)Nc1ccc(Cl)cc1Cl. The smallest absolute Gasteiger partial charge is 0.340 e. The lowest BCUT2D eigenvalue weighted by molar-refractivity contribution is -0.119. The molecule has 3 rings (SSSR count). The molecule has 28 heavy (non-hydrogen) atoms. The van der Waals surface area contributed by atoms with Gasteiger partial charge in [0, 0.05) is 10.7 Å². The average Bonchev–Trinajstić information content (AvgIpc) is 2.69. The van der Waals surface area contributed by atoms with Gasteiger partial charge in [0.25, 0.3) is 5.91 Å². The van der Waals surface area contributed by atoms with Gasteiger partial charge in [0.05, 0.1) is 22.0 Å². The predicted molar refractivity (Wildman–Crippen MR) is 112 cm³/mol. The molecule has 3 aromatic carbocycles. The largest absolute Gasteiger partial charge is 0.452 e. The Bertz CT molecular complexity index is 994. The number of benzene rings is 3. The van der Waals surface area contributed by atoms with Crippen molar-refractivity contribution in [3.63, 3.8) is 0 Å². The summed E-state index contributed by atoms with van der Waals surface area (Å²) in [5.41, 5.74) is 2.12. The summed E-state index contributed by atoms with van der Waals surface area (Å²) in [4.78, 5) is 24.5. The first-order valence-electron chi connectivity index (χ1n) is 8.36. The summed E-state index contributed by atoms with van der Waals surface area (Å²) in [6.07, 6.45) is 0. The second-order valence-electron chi connectivity index (χ2n) is 5.79. The van der Waals surface area contributed by atoms with E-state index in [9.17, 15) is 9.59 Å². The molecule has 7 heteroatoms. The fourth-order valence-corrected chi connectivity index (χ4v) is 2.89. The van der Waals surface area contributed by atoms with Crippen LogP contribution in [-0.4, -0.2) is 18.5 Å².